The van der Waals surface area contributed by atoms with Crippen LogP contribution in [0.2, 0.25) is 0 Å². The minimum atomic E-state index is -1.01. The van der Waals surface area contributed by atoms with Gasteiger partial charge in [0.2, 0.25) is 0 Å². The minimum Gasteiger partial charge on any atom is -0.481 e. The molecule has 3 heteroatoms. The molecular formula is C16H12O3. The number of rotatable bonds is 3. The second-order valence-electron chi connectivity index (χ2n) is 3.79. The van der Waals surface area contributed by atoms with Crippen LogP contribution in [0.25, 0.3) is 0 Å². The highest BCUT2D eigenvalue weighted by Crippen LogP contribution is 2.16. The minimum absolute atomic E-state index is 0.371. The predicted molar refractivity (Wildman–Crippen MR) is 72.0 cm³/mol. The molecule has 0 saturated carbocycles. The molecule has 0 aliphatic heterocycles. The molecule has 2 rings (SSSR count). The molecule has 2 aromatic carbocycles. The highest BCUT2D eigenvalue weighted by atomic mass is 16.5. The number of carboxylic acids is 1. The summed E-state index contributed by atoms with van der Waals surface area (Å²) in [6, 6.07) is 16.7. The molecule has 0 heterocycles. The fourth-order valence-electron chi connectivity index (χ4n) is 1.50. The number of ether oxygens (including phenoxy) is 1. The Hall–Kier alpha value is -2.73. The van der Waals surface area contributed by atoms with Crippen molar-refractivity contribution in [1.82, 2.24) is 0 Å². The second kappa shape index (κ2) is 6.27. The normalized spacial score (nSPS) is 9.26. The molecule has 94 valence electrons. The third-order valence-electron chi connectivity index (χ3n) is 2.35. The number of carboxylic acid groups (broad SMARTS) is 1. The van der Waals surface area contributed by atoms with Gasteiger partial charge in [0.25, 0.3) is 0 Å². The van der Waals surface area contributed by atoms with Crippen LogP contribution in [-0.2, 0) is 4.79 Å². The monoisotopic (exact) mass is 252 g/mol. The van der Waals surface area contributed by atoms with Crippen molar-refractivity contribution >= 4 is 5.97 Å². The van der Waals surface area contributed by atoms with Crippen molar-refractivity contribution in [2.24, 2.45) is 0 Å². The average Bonchev–Trinajstić information content (AvgIpc) is 2.45. The van der Waals surface area contributed by atoms with Crippen LogP contribution in [0.3, 0.4) is 0 Å². The maximum atomic E-state index is 10.5. The molecule has 0 fully saturated rings. The zero-order chi connectivity index (χ0) is 13.5. The summed E-state index contributed by atoms with van der Waals surface area (Å²) in [5.41, 5.74) is 1.57. The van der Waals surface area contributed by atoms with Gasteiger partial charge in [-0.15, -0.1) is 0 Å². The van der Waals surface area contributed by atoms with Gasteiger partial charge in [0.05, 0.1) is 5.56 Å². The zero-order valence-electron chi connectivity index (χ0n) is 10.2. The standard InChI is InChI=1S/C16H12O3/c17-16(18)12-19-15-9-5-4-8-14(15)11-10-13-6-2-1-3-7-13/h1-9H,12H2,(H,17,18). The van der Waals surface area contributed by atoms with E-state index in [4.69, 9.17) is 9.84 Å². The van der Waals surface area contributed by atoms with E-state index in [1.807, 2.05) is 36.4 Å². The highest BCUT2D eigenvalue weighted by Gasteiger charge is 2.02. The molecule has 0 saturated heterocycles. The third kappa shape index (κ3) is 3.90. The maximum Gasteiger partial charge on any atom is 0.341 e. The van der Waals surface area contributed by atoms with Gasteiger partial charge in [-0.3, -0.25) is 0 Å². The lowest BCUT2D eigenvalue weighted by molar-refractivity contribution is -0.139. The SMILES string of the molecule is O=C(O)COc1ccccc1C#Cc1ccccc1. The van der Waals surface area contributed by atoms with Crippen molar-refractivity contribution in [2.45, 2.75) is 0 Å². The number of aliphatic carboxylic acids is 1. The van der Waals surface area contributed by atoms with Crippen LogP contribution in [0.4, 0.5) is 0 Å². The molecule has 0 atom stereocenters. The van der Waals surface area contributed by atoms with E-state index in [2.05, 4.69) is 11.8 Å². The molecule has 0 spiro atoms. The average molecular weight is 252 g/mol. The van der Waals surface area contributed by atoms with Crippen LogP contribution >= 0.6 is 0 Å². The number of para-hydroxylation sites is 1. The van der Waals surface area contributed by atoms with Gasteiger partial charge >= 0.3 is 5.97 Å². The molecule has 1 N–H and O–H groups in total. The van der Waals surface area contributed by atoms with Crippen molar-refractivity contribution in [2.75, 3.05) is 6.61 Å². The Kier molecular flexibility index (Phi) is 4.20. The molecule has 0 aliphatic carbocycles. The Bertz CT molecular complexity index is 621. The zero-order valence-corrected chi connectivity index (χ0v) is 10.2. The van der Waals surface area contributed by atoms with E-state index in [0.29, 0.717) is 11.3 Å². The summed E-state index contributed by atoms with van der Waals surface area (Å²) in [4.78, 5) is 10.5. The summed E-state index contributed by atoms with van der Waals surface area (Å²) < 4.78 is 5.18. The Balaban J connectivity index is 2.21. The summed E-state index contributed by atoms with van der Waals surface area (Å²) in [5, 5.41) is 8.61. The van der Waals surface area contributed by atoms with Crippen LogP contribution in [0.1, 0.15) is 11.1 Å². The van der Waals surface area contributed by atoms with E-state index >= 15 is 0 Å². The third-order valence-corrected chi connectivity index (χ3v) is 2.35. The van der Waals surface area contributed by atoms with Crippen molar-refractivity contribution in [3.05, 3.63) is 65.7 Å². The lowest BCUT2D eigenvalue weighted by atomic mass is 10.1. The topological polar surface area (TPSA) is 46.5 Å². The van der Waals surface area contributed by atoms with Crippen molar-refractivity contribution in [3.8, 4) is 17.6 Å². The number of hydrogen-bond acceptors (Lipinski definition) is 2. The lowest BCUT2D eigenvalue weighted by Crippen LogP contribution is -2.10. The van der Waals surface area contributed by atoms with Gasteiger partial charge in [0.1, 0.15) is 5.75 Å². The van der Waals surface area contributed by atoms with E-state index in [9.17, 15) is 4.79 Å². The summed E-state index contributed by atoms with van der Waals surface area (Å²) >= 11 is 0. The van der Waals surface area contributed by atoms with E-state index in [1.54, 1.807) is 18.2 Å². The van der Waals surface area contributed by atoms with Crippen molar-refractivity contribution in [1.29, 1.82) is 0 Å². The molecule has 0 radical (unpaired) electrons. The van der Waals surface area contributed by atoms with Gasteiger partial charge in [-0.1, -0.05) is 42.2 Å². The van der Waals surface area contributed by atoms with Gasteiger partial charge in [-0.25, -0.2) is 4.79 Å². The highest BCUT2D eigenvalue weighted by molar-refractivity contribution is 5.68. The van der Waals surface area contributed by atoms with Crippen LogP contribution in [0, 0.1) is 11.8 Å². The molecule has 2 aromatic rings. The van der Waals surface area contributed by atoms with Crippen LogP contribution in [0.5, 0.6) is 5.75 Å². The number of carbonyl (C=O) groups is 1. The number of hydrogen-bond donors (Lipinski definition) is 1. The summed E-state index contributed by atoms with van der Waals surface area (Å²) in [7, 11) is 0. The molecule has 0 amide bonds. The second-order valence-corrected chi connectivity index (χ2v) is 3.79. The first-order valence-electron chi connectivity index (χ1n) is 5.76. The quantitative estimate of drug-likeness (QED) is 0.854. The van der Waals surface area contributed by atoms with Crippen molar-refractivity contribution in [3.63, 3.8) is 0 Å². The smallest absolute Gasteiger partial charge is 0.341 e. The molecule has 0 aromatic heterocycles. The summed E-state index contributed by atoms with van der Waals surface area (Å²) in [6.07, 6.45) is 0. The van der Waals surface area contributed by atoms with E-state index in [0.717, 1.165) is 5.56 Å². The Morgan fingerprint density at radius 3 is 2.42 bits per heavy atom. The Labute approximate surface area is 111 Å². The molecule has 0 bridgehead atoms. The van der Waals surface area contributed by atoms with Crippen molar-refractivity contribution < 1.29 is 14.6 Å². The lowest BCUT2D eigenvalue weighted by Gasteiger charge is -2.04. The maximum absolute atomic E-state index is 10.5. The molecule has 19 heavy (non-hydrogen) atoms. The van der Waals surface area contributed by atoms with Gasteiger partial charge in [-0.05, 0) is 24.3 Å². The van der Waals surface area contributed by atoms with Gasteiger partial charge in [-0.2, -0.15) is 0 Å². The molecule has 0 unspecified atom stereocenters. The Morgan fingerprint density at radius 1 is 1.00 bits per heavy atom. The van der Waals surface area contributed by atoms with Gasteiger partial charge in [0, 0.05) is 5.56 Å². The van der Waals surface area contributed by atoms with Crippen LogP contribution in [0.15, 0.2) is 54.6 Å². The Morgan fingerprint density at radius 2 is 1.68 bits per heavy atom. The molecule has 0 aliphatic rings. The fraction of sp³-hybridized carbons (Fsp3) is 0.0625. The van der Waals surface area contributed by atoms with Crippen LogP contribution < -0.4 is 4.74 Å². The van der Waals surface area contributed by atoms with Crippen LogP contribution in [-0.4, -0.2) is 17.7 Å². The summed E-state index contributed by atoms with van der Waals surface area (Å²) in [6.45, 7) is -0.371. The first kappa shape index (κ1) is 12.7. The van der Waals surface area contributed by atoms with E-state index < -0.39 is 5.97 Å². The first-order chi connectivity index (χ1) is 9.25. The number of benzene rings is 2. The predicted octanol–water partition coefficient (Wildman–Crippen LogP) is 2.55. The first-order valence-corrected chi connectivity index (χ1v) is 5.76. The van der Waals surface area contributed by atoms with Gasteiger partial charge < -0.3 is 9.84 Å². The summed E-state index contributed by atoms with van der Waals surface area (Å²) in [5.74, 6) is 5.47. The van der Waals surface area contributed by atoms with Gasteiger partial charge in [0.15, 0.2) is 6.61 Å². The van der Waals surface area contributed by atoms with E-state index in [-0.39, 0.29) is 6.61 Å². The molecular weight excluding hydrogens is 240 g/mol. The fourth-order valence-corrected chi connectivity index (χ4v) is 1.50. The molecule has 3 nitrogen and oxygen atoms in total. The van der Waals surface area contributed by atoms with E-state index in [1.165, 1.54) is 0 Å². The largest absolute Gasteiger partial charge is 0.481 e.